The molecule has 0 unspecified atom stereocenters. The monoisotopic (exact) mass is 495 g/mol. The molecule has 1 amide bonds. The number of pyridine rings is 1. The van der Waals surface area contributed by atoms with Gasteiger partial charge in [0.25, 0.3) is 5.91 Å². The molecule has 0 aliphatic carbocycles. The van der Waals surface area contributed by atoms with E-state index in [9.17, 15) is 9.18 Å². The molecule has 1 atom stereocenters. The summed E-state index contributed by atoms with van der Waals surface area (Å²) in [5.74, 6) is 0.305. The summed E-state index contributed by atoms with van der Waals surface area (Å²) in [7, 11) is 1.59. The van der Waals surface area contributed by atoms with Crippen molar-refractivity contribution >= 4 is 34.9 Å². The van der Waals surface area contributed by atoms with Gasteiger partial charge in [-0.25, -0.2) is 9.37 Å². The molecule has 2 aliphatic rings. The molecule has 180 valence electrons. The fourth-order valence-corrected chi connectivity index (χ4v) is 5.38. The van der Waals surface area contributed by atoms with Crippen LogP contribution < -0.4 is 10.2 Å². The highest BCUT2D eigenvalue weighted by Crippen LogP contribution is 2.29. The summed E-state index contributed by atoms with van der Waals surface area (Å²) < 4.78 is 14.2. The van der Waals surface area contributed by atoms with Gasteiger partial charge in [0.2, 0.25) is 0 Å². The lowest BCUT2D eigenvalue weighted by Gasteiger charge is -2.47. The van der Waals surface area contributed by atoms with E-state index in [1.165, 1.54) is 6.07 Å². The maximum absolute atomic E-state index is 14.2. The molecule has 0 bridgehead atoms. The van der Waals surface area contributed by atoms with Crippen molar-refractivity contribution in [1.29, 1.82) is 0 Å². The van der Waals surface area contributed by atoms with Crippen molar-refractivity contribution in [1.82, 2.24) is 20.1 Å². The molecule has 1 aromatic heterocycles. The highest BCUT2D eigenvalue weighted by molar-refractivity contribution is 6.33. The van der Waals surface area contributed by atoms with E-state index in [1.54, 1.807) is 31.4 Å². The second kappa shape index (κ2) is 10.6. The van der Waals surface area contributed by atoms with Crippen molar-refractivity contribution in [3.05, 3.63) is 57.5 Å². The molecule has 4 rings (SSSR count). The third-order valence-electron chi connectivity index (χ3n) is 6.72. The summed E-state index contributed by atoms with van der Waals surface area (Å²) in [6.07, 6.45) is 3.72. The maximum atomic E-state index is 14.2. The molecular weight excluding hydrogens is 464 g/mol. The van der Waals surface area contributed by atoms with Crippen molar-refractivity contribution in [3.63, 3.8) is 0 Å². The van der Waals surface area contributed by atoms with E-state index in [2.05, 4.69) is 31.9 Å². The minimum absolute atomic E-state index is 0. The zero-order valence-corrected chi connectivity index (χ0v) is 20.5. The van der Waals surface area contributed by atoms with Crippen LogP contribution in [0, 0.1) is 5.82 Å². The summed E-state index contributed by atoms with van der Waals surface area (Å²) >= 11 is 12.3. The summed E-state index contributed by atoms with van der Waals surface area (Å²) in [5.41, 5.74) is 1.16. The van der Waals surface area contributed by atoms with Gasteiger partial charge in [0, 0.05) is 63.5 Å². The van der Waals surface area contributed by atoms with Gasteiger partial charge >= 0.3 is 0 Å². The SMILES string of the molecule is CNC(=O)c1cnc(N2CCN(C3CCN(Cc4ccc(Cl)cc4F)CC3)[C@@H](C)C2)c(Cl)c1.[HH]. The number of benzene rings is 1. The number of hydrogen-bond donors (Lipinski definition) is 1. The predicted molar refractivity (Wildman–Crippen MR) is 133 cm³/mol. The average Bonchev–Trinajstić information content (AvgIpc) is 2.81. The molecule has 2 fully saturated rings. The number of nitrogens with one attached hydrogen (secondary N) is 1. The number of halogens is 3. The van der Waals surface area contributed by atoms with Crippen molar-refractivity contribution in [3.8, 4) is 0 Å². The van der Waals surface area contributed by atoms with Crippen LogP contribution in [-0.4, -0.2) is 72.5 Å². The van der Waals surface area contributed by atoms with Gasteiger partial charge in [-0.2, -0.15) is 0 Å². The first-order valence-corrected chi connectivity index (χ1v) is 12.2. The Bertz CT molecular complexity index is 1010. The summed E-state index contributed by atoms with van der Waals surface area (Å²) in [6, 6.07) is 7.48. The number of nitrogens with zero attached hydrogens (tertiary/aromatic N) is 4. The van der Waals surface area contributed by atoms with Crippen LogP contribution in [0.5, 0.6) is 0 Å². The zero-order chi connectivity index (χ0) is 23.5. The fraction of sp³-hybridized carbons (Fsp3) is 0.500. The number of likely N-dealkylation sites (tertiary alicyclic amines) is 1. The second-order valence-electron chi connectivity index (χ2n) is 8.88. The smallest absolute Gasteiger partial charge is 0.252 e. The van der Waals surface area contributed by atoms with Gasteiger partial charge in [0.1, 0.15) is 11.6 Å². The Morgan fingerprint density at radius 1 is 1.21 bits per heavy atom. The van der Waals surface area contributed by atoms with Crippen LogP contribution in [-0.2, 0) is 6.54 Å². The molecule has 2 aromatic rings. The van der Waals surface area contributed by atoms with Crippen LogP contribution in [0.4, 0.5) is 10.2 Å². The number of piperidine rings is 1. The Morgan fingerprint density at radius 3 is 2.61 bits per heavy atom. The first kappa shape index (κ1) is 24.2. The highest BCUT2D eigenvalue weighted by atomic mass is 35.5. The van der Waals surface area contributed by atoms with E-state index < -0.39 is 0 Å². The Morgan fingerprint density at radius 2 is 1.97 bits per heavy atom. The molecule has 2 saturated heterocycles. The number of carbonyl (C=O) groups is 1. The molecule has 6 nitrogen and oxygen atoms in total. The number of carbonyl (C=O) groups excluding carboxylic acids is 1. The summed E-state index contributed by atoms with van der Waals surface area (Å²) in [6.45, 7) is 7.38. The molecule has 1 aromatic carbocycles. The number of hydrogen-bond acceptors (Lipinski definition) is 5. The van der Waals surface area contributed by atoms with Gasteiger partial charge in [-0.05, 0) is 51.1 Å². The van der Waals surface area contributed by atoms with Crippen molar-refractivity contribution < 1.29 is 10.6 Å². The molecule has 1 N–H and O–H groups in total. The lowest BCUT2D eigenvalue weighted by Crippen LogP contribution is -2.57. The van der Waals surface area contributed by atoms with Crippen molar-refractivity contribution in [2.75, 3.05) is 44.7 Å². The highest BCUT2D eigenvalue weighted by Gasteiger charge is 2.32. The molecule has 2 aliphatic heterocycles. The van der Waals surface area contributed by atoms with Crippen LogP contribution >= 0.6 is 23.2 Å². The van der Waals surface area contributed by atoms with Gasteiger partial charge in [-0.1, -0.05) is 29.3 Å². The van der Waals surface area contributed by atoms with Crippen LogP contribution in [0.15, 0.2) is 30.5 Å². The van der Waals surface area contributed by atoms with E-state index in [0.717, 1.165) is 51.4 Å². The first-order chi connectivity index (χ1) is 15.9. The molecule has 0 saturated carbocycles. The van der Waals surface area contributed by atoms with Crippen LogP contribution in [0.1, 0.15) is 37.1 Å². The standard InChI is InChI=1S/C24H30Cl2FN5O.H2/c1-16-14-31(23-21(26)11-18(13-29-23)24(33)28-2)9-10-32(16)20-5-7-30(8-6-20)15-17-3-4-19(25)12-22(17)27;/h3-4,11-13,16,20H,5-10,14-15H2,1-2H3,(H,28,33);1H/t16-;/m0./s1. The van der Waals surface area contributed by atoms with Crippen LogP contribution in [0.25, 0.3) is 0 Å². The summed E-state index contributed by atoms with van der Waals surface area (Å²) in [5, 5.41) is 3.52. The number of amides is 1. The fourth-order valence-electron chi connectivity index (χ4n) is 4.94. The minimum Gasteiger partial charge on any atom is -0.355 e. The summed E-state index contributed by atoms with van der Waals surface area (Å²) in [4.78, 5) is 23.4. The Hall–Kier alpha value is -1.93. The molecule has 3 heterocycles. The minimum atomic E-state index is -0.231. The van der Waals surface area contributed by atoms with E-state index in [0.29, 0.717) is 39.8 Å². The second-order valence-corrected chi connectivity index (χ2v) is 9.73. The van der Waals surface area contributed by atoms with Crippen molar-refractivity contribution in [2.24, 2.45) is 0 Å². The van der Waals surface area contributed by atoms with Crippen LogP contribution in [0.3, 0.4) is 0 Å². The Labute approximate surface area is 206 Å². The van der Waals surface area contributed by atoms with Crippen molar-refractivity contribution in [2.45, 2.75) is 38.4 Å². The Kier molecular flexibility index (Phi) is 7.74. The Balaban J connectivity index is 0.00000324. The molecule has 33 heavy (non-hydrogen) atoms. The number of anilines is 1. The van der Waals surface area contributed by atoms with Gasteiger partial charge in [0.15, 0.2) is 0 Å². The third-order valence-corrected chi connectivity index (χ3v) is 7.24. The van der Waals surface area contributed by atoms with E-state index in [4.69, 9.17) is 23.2 Å². The van der Waals surface area contributed by atoms with E-state index in [1.807, 2.05) is 0 Å². The largest absolute Gasteiger partial charge is 0.355 e. The van der Waals surface area contributed by atoms with Crippen LogP contribution in [0.2, 0.25) is 10.0 Å². The topological polar surface area (TPSA) is 51.7 Å². The van der Waals surface area contributed by atoms with Gasteiger partial charge in [0.05, 0.1) is 10.6 Å². The quantitative estimate of drug-likeness (QED) is 0.669. The number of aromatic nitrogens is 1. The molecule has 0 radical (unpaired) electrons. The average molecular weight is 496 g/mol. The number of piperazine rings is 1. The molecule has 0 spiro atoms. The zero-order valence-electron chi connectivity index (χ0n) is 19.0. The lowest BCUT2D eigenvalue weighted by molar-refractivity contribution is 0.0687. The third kappa shape index (κ3) is 5.60. The molecule has 9 heteroatoms. The molecular formula is C24H32Cl2FN5O. The van der Waals surface area contributed by atoms with E-state index in [-0.39, 0.29) is 13.2 Å². The maximum Gasteiger partial charge on any atom is 0.252 e. The normalized spacial score (nSPS) is 20.8. The first-order valence-electron chi connectivity index (χ1n) is 11.4. The predicted octanol–water partition coefficient (Wildman–Crippen LogP) is 4.31. The van der Waals surface area contributed by atoms with Gasteiger partial charge in [-0.15, -0.1) is 0 Å². The number of rotatable bonds is 5. The van der Waals surface area contributed by atoms with E-state index >= 15 is 0 Å². The van der Waals surface area contributed by atoms with Gasteiger partial charge < -0.3 is 10.2 Å². The van der Waals surface area contributed by atoms with Gasteiger partial charge in [-0.3, -0.25) is 14.6 Å². The lowest BCUT2D eigenvalue weighted by atomic mass is 9.99.